The van der Waals surface area contributed by atoms with Gasteiger partial charge in [-0.1, -0.05) is 29.8 Å². The minimum atomic E-state index is 0. The second-order valence-electron chi connectivity index (χ2n) is 8.18. The molecule has 0 saturated carbocycles. The van der Waals surface area contributed by atoms with Crippen LogP contribution in [0.1, 0.15) is 42.7 Å². The predicted molar refractivity (Wildman–Crippen MR) is 132 cm³/mol. The molecular formula is C25H31Cl2N3O2. The van der Waals surface area contributed by atoms with Crippen molar-refractivity contribution < 1.29 is 9.47 Å². The number of nitrogens with zero attached hydrogens (tertiary/aromatic N) is 2. The monoisotopic (exact) mass is 475 g/mol. The molecule has 0 unspecified atom stereocenters. The zero-order valence-corrected chi connectivity index (χ0v) is 20.0. The Kier molecular flexibility index (Phi) is 9.54. The number of aromatic nitrogens is 2. The Morgan fingerprint density at radius 3 is 2.56 bits per heavy atom. The molecule has 2 fully saturated rings. The summed E-state index contributed by atoms with van der Waals surface area (Å²) in [5.74, 6) is 1.39. The highest BCUT2D eigenvalue weighted by Gasteiger charge is 2.22. The van der Waals surface area contributed by atoms with E-state index in [0.29, 0.717) is 17.2 Å². The van der Waals surface area contributed by atoms with E-state index in [1.165, 1.54) is 11.1 Å². The Hall–Kier alpha value is -1.92. The Morgan fingerprint density at radius 2 is 1.78 bits per heavy atom. The van der Waals surface area contributed by atoms with Crippen molar-refractivity contribution >= 4 is 34.9 Å². The molecule has 1 aromatic carbocycles. The van der Waals surface area contributed by atoms with Gasteiger partial charge in [0.05, 0.1) is 5.52 Å². The Morgan fingerprint density at radius 1 is 1.03 bits per heavy atom. The number of benzene rings is 1. The molecule has 2 aliphatic rings. The first kappa shape index (κ1) is 24.7. The summed E-state index contributed by atoms with van der Waals surface area (Å²) in [4.78, 5) is 8.67. The molecule has 32 heavy (non-hydrogen) atoms. The maximum Gasteiger partial charge on any atom is 0.217 e. The molecule has 7 heteroatoms. The van der Waals surface area contributed by atoms with Gasteiger partial charge in [0.2, 0.25) is 5.88 Å². The highest BCUT2D eigenvalue weighted by molar-refractivity contribution is 6.29. The minimum Gasteiger partial charge on any atom is -0.474 e. The van der Waals surface area contributed by atoms with Gasteiger partial charge >= 0.3 is 0 Å². The van der Waals surface area contributed by atoms with E-state index < -0.39 is 0 Å². The standard InChI is InChI=1S/C15H22N2O2.C10H8ClN.ClH/c1-2-14(12-5-10-18-11-6-12)15(17-7-1)19-13-3-8-16-9-4-13;1-7-2-3-8-4-5-10(11)12-9(8)6-7;/h1-2,7,12-13,16H,3-6,8-11H2;2-6H,1H3;1H. The molecule has 0 aliphatic carbocycles. The molecule has 5 rings (SSSR count). The molecule has 172 valence electrons. The van der Waals surface area contributed by atoms with Gasteiger partial charge in [-0.05, 0) is 81.4 Å². The lowest BCUT2D eigenvalue weighted by atomic mass is 9.92. The first-order chi connectivity index (χ1) is 15.2. The van der Waals surface area contributed by atoms with Crippen molar-refractivity contribution in [2.75, 3.05) is 26.3 Å². The van der Waals surface area contributed by atoms with Gasteiger partial charge in [-0.25, -0.2) is 9.97 Å². The summed E-state index contributed by atoms with van der Waals surface area (Å²) in [5, 5.41) is 5.04. The van der Waals surface area contributed by atoms with E-state index in [1.807, 2.05) is 37.4 Å². The number of rotatable bonds is 3. The summed E-state index contributed by atoms with van der Waals surface area (Å²) < 4.78 is 11.6. The summed E-state index contributed by atoms with van der Waals surface area (Å²) >= 11 is 5.76. The van der Waals surface area contributed by atoms with Crippen LogP contribution in [-0.4, -0.2) is 42.4 Å². The van der Waals surface area contributed by atoms with Crippen LogP contribution in [0, 0.1) is 6.92 Å². The summed E-state index contributed by atoms with van der Waals surface area (Å²) in [7, 11) is 0. The van der Waals surface area contributed by atoms with E-state index in [1.54, 1.807) is 6.07 Å². The average Bonchev–Trinajstić information content (AvgIpc) is 2.81. The maximum atomic E-state index is 6.15. The van der Waals surface area contributed by atoms with Crippen LogP contribution in [-0.2, 0) is 4.74 Å². The third-order valence-corrected chi connectivity index (χ3v) is 6.05. The van der Waals surface area contributed by atoms with E-state index in [2.05, 4.69) is 27.4 Å². The van der Waals surface area contributed by atoms with E-state index in [-0.39, 0.29) is 12.4 Å². The van der Waals surface area contributed by atoms with Gasteiger partial charge < -0.3 is 14.8 Å². The zero-order chi connectivity index (χ0) is 21.5. The van der Waals surface area contributed by atoms with Gasteiger partial charge in [-0.15, -0.1) is 12.4 Å². The van der Waals surface area contributed by atoms with Crippen LogP contribution in [0.4, 0.5) is 0 Å². The van der Waals surface area contributed by atoms with Gasteiger partial charge in [-0.2, -0.15) is 0 Å². The van der Waals surface area contributed by atoms with Gasteiger partial charge in [0.1, 0.15) is 11.3 Å². The van der Waals surface area contributed by atoms with Crippen molar-refractivity contribution in [2.24, 2.45) is 0 Å². The molecule has 0 amide bonds. The van der Waals surface area contributed by atoms with Crippen molar-refractivity contribution in [2.45, 2.75) is 44.6 Å². The molecule has 3 aromatic rings. The Balaban J connectivity index is 0.000000193. The minimum absolute atomic E-state index is 0. The lowest BCUT2D eigenvalue weighted by Crippen LogP contribution is -2.34. The quantitative estimate of drug-likeness (QED) is 0.490. The lowest BCUT2D eigenvalue weighted by Gasteiger charge is -2.27. The first-order valence-corrected chi connectivity index (χ1v) is 11.5. The van der Waals surface area contributed by atoms with Crippen LogP contribution in [0.15, 0.2) is 48.7 Å². The number of ether oxygens (including phenoxy) is 2. The van der Waals surface area contributed by atoms with Crippen molar-refractivity contribution in [3.63, 3.8) is 0 Å². The largest absolute Gasteiger partial charge is 0.474 e. The molecular weight excluding hydrogens is 445 g/mol. The van der Waals surface area contributed by atoms with E-state index in [9.17, 15) is 0 Å². The fourth-order valence-corrected chi connectivity index (χ4v) is 4.25. The summed E-state index contributed by atoms with van der Waals surface area (Å²) in [5.41, 5.74) is 3.43. The smallest absolute Gasteiger partial charge is 0.217 e. The second kappa shape index (κ2) is 12.4. The zero-order valence-electron chi connectivity index (χ0n) is 18.4. The predicted octanol–water partition coefficient (Wildman–Crippen LogP) is 5.72. The maximum absolute atomic E-state index is 6.15. The van der Waals surface area contributed by atoms with Gasteiger partial charge in [-0.3, -0.25) is 0 Å². The molecule has 5 nitrogen and oxygen atoms in total. The Labute approximate surface area is 201 Å². The molecule has 2 aromatic heterocycles. The van der Waals surface area contributed by atoms with Crippen LogP contribution in [0.2, 0.25) is 5.15 Å². The van der Waals surface area contributed by atoms with Crippen LogP contribution in [0.5, 0.6) is 5.88 Å². The number of pyridine rings is 2. The molecule has 0 bridgehead atoms. The van der Waals surface area contributed by atoms with Gasteiger partial charge in [0, 0.05) is 30.4 Å². The number of hydrogen-bond acceptors (Lipinski definition) is 5. The van der Waals surface area contributed by atoms with Crippen LogP contribution < -0.4 is 10.1 Å². The SMILES string of the molecule is Cc1ccc2ccc(Cl)nc2c1.Cl.c1cnc(OC2CCNCC2)c(C2CCOCC2)c1. The van der Waals surface area contributed by atoms with E-state index in [4.69, 9.17) is 21.1 Å². The van der Waals surface area contributed by atoms with Crippen molar-refractivity contribution in [1.82, 2.24) is 15.3 Å². The molecule has 2 aliphatic heterocycles. The molecule has 0 radical (unpaired) electrons. The number of aryl methyl sites for hydroxylation is 1. The fraction of sp³-hybridized carbons (Fsp3) is 0.440. The van der Waals surface area contributed by atoms with Crippen LogP contribution in [0.25, 0.3) is 10.9 Å². The van der Waals surface area contributed by atoms with E-state index in [0.717, 1.165) is 68.8 Å². The topological polar surface area (TPSA) is 56.3 Å². The molecule has 2 saturated heterocycles. The highest BCUT2D eigenvalue weighted by Crippen LogP contribution is 2.33. The average molecular weight is 476 g/mol. The summed E-state index contributed by atoms with van der Waals surface area (Å²) in [6, 6.07) is 14.1. The highest BCUT2D eigenvalue weighted by atomic mass is 35.5. The van der Waals surface area contributed by atoms with Gasteiger partial charge in [0.25, 0.3) is 0 Å². The number of nitrogens with one attached hydrogen (secondary N) is 1. The molecule has 0 atom stereocenters. The lowest BCUT2D eigenvalue weighted by molar-refractivity contribution is 0.0832. The molecule has 0 spiro atoms. The fourth-order valence-electron chi connectivity index (χ4n) is 4.09. The Bertz CT molecular complexity index is 953. The number of hydrogen-bond donors (Lipinski definition) is 1. The molecule has 1 N–H and O–H groups in total. The number of halogens is 2. The normalized spacial score (nSPS) is 17.2. The van der Waals surface area contributed by atoms with Crippen molar-refractivity contribution in [3.05, 3.63) is 64.9 Å². The van der Waals surface area contributed by atoms with Crippen LogP contribution >= 0.6 is 24.0 Å². The summed E-state index contributed by atoms with van der Waals surface area (Å²) in [6.45, 7) is 5.84. The first-order valence-electron chi connectivity index (χ1n) is 11.1. The van der Waals surface area contributed by atoms with Crippen molar-refractivity contribution in [1.29, 1.82) is 0 Å². The second-order valence-corrected chi connectivity index (χ2v) is 8.57. The third kappa shape index (κ3) is 6.79. The van der Waals surface area contributed by atoms with Gasteiger partial charge in [0.15, 0.2) is 0 Å². The third-order valence-electron chi connectivity index (χ3n) is 5.84. The number of piperidine rings is 1. The van der Waals surface area contributed by atoms with Crippen molar-refractivity contribution in [3.8, 4) is 5.88 Å². The summed E-state index contributed by atoms with van der Waals surface area (Å²) in [6.07, 6.45) is 6.45. The van der Waals surface area contributed by atoms with E-state index >= 15 is 0 Å². The van der Waals surface area contributed by atoms with Crippen LogP contribution in [0.3, 0.4) is 0 Å². The molecule has 4 heterocycles. The number of fused-ring (bicyclic) bond motifs is 1.